The molecule has 2 heterocycles. The Bertz CT molecular complexity index is 621. The van der Waals surface area contributed by atoms with Gasteiger partial charge < -0.3 is 4.42 Å². The maximum Gasteiger partial charge on any atom is 0.239 e. The van der Waals surface area contributed by atoms with Crippen LogP contribution in [0.3, 0.4) is 0 Å². The van der Waals surface area contributed by atoms with Gasteiger partial charge in [0, 0.05) is 19.5 Å². The number of hydrogen-bond acceptors (Lipinski definition) is 5. The van der Waals surface area contributed by atoms with Crippen LogP contribution in [-0.2, 0) is 0 Å². The molecule has 0 radical (unpaired) electrons. The Morgan fingerprint density at radius 3 is 2.82 bits per heavy atom. The number of nitrogens with zero attached hydrogens (tertiary/aromatic N) is 5. The summed E-state index contributed by atoms with van der Waals surface area (Å²) in [6, 6.07) is 9.75. The van der Waals surface area contributed by atoms with Crippen molar-refractivity contribution in [2.75, 3.05) is 19.1 Å². The molecule has 0 unspecified atom stereocenters. The second-order valence-electron chi connectivity index (χ2n) is 3.89. The predicted octanol–water partition coefficient (Wildman–Crippen LogP) is 1.28. The van der Waals surface area contributed by atoms with Crippen LogP contribution in [0.25, 0.3) is 22.6 Å². The SMILES string of the molecule is CN(C)n1nnnc1-c1cc2ccccc2o1. The molecule has 0 fully saturated rings. The van der Waals surface area contributed by atoms with Gasteiger partial charge in [0.25, 0.3) is 0 Å². The summed E-state index contributed by atoms with van der Waals surface area (Å²) < 4.78 is 5.71. The molecule has 2 aromatic heterocycles. The Morgan fingerprint density at radius 1 is 1.24 bits per heavy atom. The summed E-state index contributed by atoms with van der Waals surface area (Å²) in [7, 11) is 3.73. The highest BCUT2D eigenvalue weighted by molar-refractivity contribution is 5.81. The van der Waals surface area contributed by atoms with Crippen LogP contribution in [0.2, 0.25) is 0 Å². The lowest BCUT2D eigenvalue weighted by atomic mass is 10.2. The van der Waals surface area contributed by atoms with E-state index in [0.717, 1.165) is 11.0 Å². The van der Waals surface area contributed by atoms with Gasteiger partial charge in [-0.1, -0.05) is 18.2 Å². The molecule has 1 aromatic carbocycles. The Labute approximate surface area is 97.4 Å². The summed E-state index contributed by atoms with van der Waals surface area (Å²) in [5.74, 6) is 1.25. The van der Waals surface area contributed by atoms with Gasteiger partial charge in [0.1, 0.15) is 5.58 Å². The topological polar surface area (TPSA) is 60.0 Å². The first-order valence-corrected chi connectivity index (χ1v) is 5.20. The van der Waals surface area contributed by atoms with Gasteiger partial charge in [-0.05, 0) is 22.6 Å². The molecule has 0 aliphatic heterocycles. The maximum absolute atomic E-state index is 5.71. The summed E-state index contributed by atoms with van der Waals surface area (Å²) >= 11 is 0. The van der Waals surface area contributed by atoms with Crippen LogP contribution in [0.5, 0.6) is 0 Å². The molecule has 0 spiro atoms. The Hall–Kier alpha value is -2.37. The van der Waals surface area contributed by atoms with E-state index in [1.807, 2.05) is 44.4 Å². The predicted molar refractivity (Wildman–Crippen MR) is 63.1 cm³/mol. The van der Waals surface area contributed by atoms with Crippen LogP contribution in [0, 0.1) is 0 Å². The van der Waals surface area contributed by atoms with Crippen LogP contribution in [0.1, 0.15) is 0 Å². The van der Waals surface area contributed by atoms with Gasteiger partial charge in [-0.3, -0.25) is 5.01 Å². The van der Waals surface area contributed by atoms with Gasteiger partial charge >= 0.3 is 0 Å². The quantitative estimate of drug-likeness (QED) is 0.662. The molecule has 0 atom stereocenters. The molecule has 0 aliphatic rings. The summed E-state index contributed by atoms with van der Waals surface area (Å²) in [6.07, 6.45) is 0. The van der Waals surface area contributed by atoms with Crippen LogP contribution in [0.15, 0.2) is 34.7 Å². The molecule has 3 aromatic rings. The maximum atomic E-state index is 5.71. The third kappa shape index (κ3) is 1.54. The number of benzene rings is 1. The molecule has 0 amide bonds. The van der Waals surface area contributed by atoms with Crippen molar-refractivity contribution in [1.29, 1.82) is 0 Å². The summed E-state index contributed by atoms with van der Waals surface area (Å²) in [5.41, 5.74) is 0.829. The Kier molecular flexibility index (Phi) is 2.07. The summed E-state index contributed by atoms with van der Waals surface area (Å²) in [5, 5.41) is 14.3. The van der Waals surface area contributed by atoms with E-state index >= 15 is 0 Å². The molecule has 6 nitrogen and oxygen atoms in total. The zero-order valence-electron chi connectivity index (χ0n) is 9.53. The van der Waals surface area contributed by atoms with E-state index in [9.17, 15) is 0 Å². The van der Waals surface area contributed by atoms with E-state index in [0.29, 0.717) is 11.6 Å². The number of furan rings is 1. The summed E-state index contributed by atoms with van der Waals surface area (Å²) in [6.45, 7) is 0. The zero-order chi connectivity index (χ0) is 11.8. The molecule has 6 heteroatoms. The monoisotopic (exact) mass is 229 g/mol. The van der Waals surface area contributed by atoms with Gasteiger partial charge in [-0.2, -0.15) is 0 Å². The highest BCUT2D eigenvalue weighted by atomic mass is 16.3. The number of aromatic nitrogens is 4. The highest BCUT2D eigenvalue weighted by Gasteiger charge is 2.14. The van der Waals surface area contributed by atoms with Crippen molar-refractivity contribution in [1.82, 2.24) is 20.3 Å². The minimum Gasteiger partial charge on any atom is -0.453 e. The van der Waals surface area contributed by atoms with Gasteiger partial charge in [-0.15, -0.1) is 9.89 Å². The van der Waals surface area contributed by atoms with Crippen LogP contribution >= 0.6 is 0 Å². The Balaban J connectivity index is 2.17. The minimum absolute atomic E-state index is 0.589. The minimum atomic E-state index is 0.589. The second kappa shape index (κ2) is 3.58. The molecule has 0 aliphatic carbocycles. The first kappa shape index (κ1) is 9.83. The number of para-hydroxylation sites is 1. The number of tetrazole rings is 1. The number of rotatable bonds is 2. The smallest absolute Gasteiger partial charge is 0.239 e. The molecule has 0 saturated carbocycles. The van der Waals surface area contributed by atoms with Crippen LogP contribution in [0.4, 0.5) is 0 Å². The fraction of sp³-hybridized carbons (Fsp3) is 0.182. The average Bonchev–Trinajstić information content (AvgIpc) is 2.95. The van der Waals surface area contributed by atoms with Gasteiger partial charge in [0.15, 0.2) is 5.76 Å². The fourth-order valence-electron chi connectivity index (χ4n) is 1.69. The van der Waals surface area contributed by atoms with E-state index < -0.39 is 0 Å². The van der Waals surface area contributed by atoms with Crippen LogP contribution < -0.4 is 5.01 Å². The third-order valence-corrected chi connectivity index (χ3v) is 2.48. The molecule has 0 saturated heterocycles. The second-order valence-corrected chi connectivity index (χ2v) is 3.89. The van der Waals surface area contributed by atoms with Crippen LogP contribution in [-0.4, -0.2) is 34.4 Å². The normalized spacial score (nSPS) is 10.9. The first-order chi connectivity index (χ1) is 8.25. The van der Waals surface area contributed by atoms with Crippen molar-refractivity contribution >= 4 is 11.0 Å². The van der Waals surface area contributed by atoms with Crippen molar-refractivity contribution in [3.05, 3.63) is 30.3 Å². The molecule has 3 rings (SSSR count). The van der Waals surface area contributed by atoms with E-state index in [1.165, 1.54) is 0 Å². The largest absolute Gasteiger partial charge is 0.453 e. The molecule has 17 heavy (non-hydrogen) atoms. The van der Waals surface area contributed by atoms with E-state index in [-0.39, 0.29) is 0 Å². The molecular weight excluding hydrogens is 218 g/mol. The fourth-order valence-corrected chi connectivity index (χ4v) is 1.69. The number of fused-ring (bicyclic) bond motifs is 1. The van der Waals surface area contributed by atoms with Gasteiger partial charge in [-0.25, -0.2) is 0 Å². The van der Waals surface area contributed by atoms with E-state index in [2.05, 4.69) is 15.5 Å². The van der Waals surface area contributed by atoms with E-state index in [1.54, 1.807) is 9.80 Å². The molecular formula is C11H11N5O. The van der Waals surface area contributed by atoms with Crippen molar-refractivity contribution < 1.29 is 4.42 Å². The lowest BCUT2D eigenvalue weighted by Gasteiger charge is -2.11. The number of hydrogen-bond donors (Lipinski definition) is 0. The average molecular weight is 229 g/mol. The van der Waals surface area contributed by atoms with Crippen molar-refractivity contribution in [3.8, 4) is 11.6 Å². The standard InChI is InChI=1S/C11H11N5O/c1-15(2)16-11(12-13-14-16)10-7-8-5-3-4-6-9(8)17-10/h3-7H,1-2H3. The Morgan fingerprint density at radius 2 is 2.06 bits per heavy atom. The van der Waals surface area contributed by atoms with Crippen molar-refractivity contribution in [2.45, 2.75) is 0 Å². The van der Waals surface area contributed by atoms with E-state index in [4.69, 9.17) is 4.42 Å². The van der Waals surface area contributed by atoms with Crippen molar-refractivity contribution in [3.63, 3.8) is 0 Å². The van der Waals surface area contributed by atoms with Gasteiger partial charge in [0.2, 0.25) is 5.82 Å². The molecule has 0 bridgehead atoms. The lowest BCUT2D eigenvalue weighted by Crippen LogP contribution is -2.27. The van der Waals surface area contributed by atoms with Crippen molar-refractivity contribution in [2.24, 2.45) is 0 Å². The molecule has 0 N–H and O–H groups in total. The summed E-state index contributed by atoms with van der Waals surface area (Å²) in [4.78, 5) is 1.58. The van der Waals surface area contributed by atoms with Gasteiger partial charge in [0.05, 0.1) is 0 Å². The highest BCUT2D eigenvalue weighted by Crippen LogP contribution is 2.25. The lowest BCUT2D eigenvalue weighted by molar-refractivity contribution is 0.584. The zero-order valence-corrected chi connectivity index (χ0v) is 9.53. The first-order valence-electron chi connectivity index (χ1n) is 5.20. The molecule has 86 valence electrons. The third-order valence-electron chi connectivity index (χ3n) is 2.48.